The molecule has 3 rings (SSSR count). The van der Waals surface area contributed by atoms with Gasteiger partial charge in [-0.15, -0.1) is 0 Å². The quantitative estimate of drug-likeness (QED) is 0.681. The van der Waals surface area contributed by atoms with E-state index in [0.29, 0.717) is 18.7 Å². The maximum Gasteiger partial charge on any atom is 0.244 e. The first-order chi connectivity index (χ1) is 11.7. The summed E-state index contributed by atoms with van der Waals surface area (Å²) < 4.78 is 5.12. The average molecular weight is 321 g/mol. The Balaban J connectivity index is 1.55. The van der Waals surface area contributed by atoms with E-state index in [0.717, 1.165) is 16.3 Å². The minimum Gasteiger partial charge on any atom is -0.465 e. The van der Waals surface area contributed by atoms with Crippen molar-refractivity contribution >= 4 is 22.8 Å². The number of benzene rings is 2. The van der Waals surface area contributed by atoms with Gasteiger partial charge in [-0.1, -0.05) is 42.5 Å². The third-order valence-electron chi connectivity index (χ3n) is 3.84. The van der Waals surface area contributed by atoms with E-state index in [2.05, 4.69) is 5.32 Å². The fourth-order valence-electron chi connectivity index (χ4n) is 2.63. The van der Waals surface area contributed by atoms with E-state index in [1.165, 1.54) is 6.08 Å². The molecular formula is C20H19NO3. The van der Waals surface area contributed by atoms with Crippen molar-refractivity contribution in [3.05, 3.63) is 78.3 Å². The molecule has 0 saturated carbocycles. The Hall–Kier alpha value is -2.85. The monoisotopic (exact) mass is 321 g/mol. The van der Waals surface area contributed by atoms with E-state index in [1.807, 2.05) is 42.5 Å². The molecule has 0 aliphatic carbocycles. The molecule has 0 unspecified atom stereocenters. The Kier molecular flexibility index (Phi) is 5.08. The van der Waals surface area contributed by atoms with Crippen LogP contribution in [0.4, 0.5) is 0 Å². The highest BCUT2D eigenvalue weighted by Gasteiger charge is 2.11. The van der Waals surface area contributed by atoms with Crippen LogP contribution in [0.5, 0.6) is 0 Å². The molecule has 24 heavy (non-hydrogen) atoms. The highest BCUT2D eigenvalue weighted by atomic mass is 16.3. The minimum atomic E-state index is -0.620. The summed E-state index contributed by atoms with van der Waals surface area (Å²) in [7, 11) is 0. The number of rotatable bonds is 6. The van der Waals surface area contributed by atoms with Gasteiger partial charge in [-0.25, -0.2) is 0 Å². The van der Waals surface area contributed by atoms with Crippen molar-refractivity contribution < 1.29 is 14.3 Å². The molecule has 0 bridgehead atoms. The first-order valence-corrected chi connectivity index (χ1v) is 7.89. The Morgan fingerprint density at radius 3 is 2.79 bits per heavy atom. The van der Waals surface area contributed by atoms with E-state index in [1.54, 1.807) is 24.5 Å². The maximum atomic E-state index is 11.7. The van der Waals surface area contributed by atoms with Crippen molar-refractivity contribution in [3.63, 3.8) is 0 Å². The maximum absolute atomic E-state index is 11.7. The second-order valence-electron chi connectivity index (χ2n) is 5.51. The third kappa shape index (κ3) is 3.91. The number of aliphatic hydroxyl groups is 1. The molecule has 4 heteroatoms. The van der Waals surface area contributed by atoms with Crippen molar-refractivity contribution in [1.82, 2.24) is 5.32 Å². The largest absolute Gasteiger partial charge is 0.465 e. The lowest BCUT2D eigenvalue weighted by molar-refractivity contribution is -0.116. The van der Waals surface area contributed by atoms with Crippen LogP contribution in [0.25, 0.3) is 16.8 Å². The van der Waals surface area contributed by atoms with E-state index >= 15 is 0 Å². The molecule has 2 aromatic carbocycles. The molecule has 1 atom stereocenters. The molecule has 1 aromatic heterocycles. The van der Waals surface area contributed by atoms with Crippen LogP contribution in [-0.2, 0) is 4.79 Å². The number of amides is 1. The van der Waals surface area contributed by atoms with Gasteiger partial charge in [0.2, 0.25) is 5.91 Å². The van der Waals surface area contributed by atoms with Gasteiger partial charge in [0, 0.05) is 12.6 Å². The predicted molar refractivity (Wildman–Crippen MR) is 94.3 cm³/mol. The Morgan fingerprint density at radius 2 is 1.96 bits per heavy atom. The number of carbonyl (C=O) groups is 1. The second-order valence-corrected chi connectivity index (χ2v) is 5.51. The summed E-state index contributed by atoms with van der Waals surface area (Å²) in [5, 5.41) is 15.3. The van der Waals surface area contributed by atoms with Gasteiger partial charge < -0.3 is 14.8 Å². The number of fused-ring (bicyclic) bond motifs is 1. The van der Waals surface area contributed by atoms with E-state index in [-0.39, 0.29) is 5.91 Å². The van der Waals surface area contributed by atoms with Crippen LogP contribution in [-0.4, -0.2) is 17.6 Å². The molecule has 0 fully saturated rings. The standard InChI is InChI=1S/C20H19NO3/c22-19(18-9-3-6-15-5-1-2-8-17(15)18)12-13-21-20(23)11-10-16-7-4-14-24-16/h1-11,14,19,22H,12-13H2,(H,21,23)/b11-10+/t19-/m0/s1. The molecule has 0 radical (unpaired) electrons. The summed E-state index contributed by atoms with van der Waals surface area (Å²) in [5.41, 5.74) is 0.883. The van der Waals surface area contributed by atoms with Crippen molar-refractivity contribution in [2.75, 3.05) is 6.54 Å². The fraction of sp³-hybridized carbons (Fsp3) is 0.150. The Bertz CT molecular complexity index is 832. The summed E-state index contributed by atoms with van der Waals surface area (Å²) in [5.74, 6) is 0.414. The molecule has 0 spiro atoms. The van der Waals surface area contributed by atoms with Gasteiger partial charge in [-0.3, -0.25) is 4.79 Å². The second kappa shape index (κ2) is 7.62. The fourth-order valence-corrected chi connectivity index (χ4v) is 2.63. The Morgan fingerprint density at radius 1 is 1.12 bits per heavy atom. The smallest absolute Gasteiger partial charge is 0.244 e. The summed E-state index contributed by atoms with van der Waals surface area (Å²) in [6, 6.07) is 17.4. The molecule has 4 nitrogen and oxygen atoms in total. The SMILES string of the molecule is O=C(/C=C/c1ccco1)NCC[C@H](O)c1cccc2ccccc12. The topological polar surface area (TPSA) is 62.5 Å². The van der Waals surface area contributed by atoms with Gasteiger partial charge in [0.1, 0.15) is 5.76 Å². The average Bonchev–Trinajstić information content (AvgIpc) is 3.13. The molecular weight excluding hydrogens is 302 g/mol. The predicted octanol–water partition coefficient (Wildman–Crippen LogP) is 3.69. The number of aliphatic hydroxyl groups excluding tert-OH is 1. The molecule has 0 aliphatic heterocycles. The van der Waals surface area contributed by atoms with Gasteiger partial charge >= 0.3 is 0 Å². The van der Waals surface area contributed by atoms with Gasteiger partial charge in [0.15, 0.2) is 0 Å². The number of carbonyl (C=O) groups excluding carboxylic acids is 1. The molecule has 1 amide bonds. The van der Waals surface area contributed by atoms with Crippen LogP contribution in [0.3, 0.4) is 0 Å². The minimum absolute atomic E-state index is 0.212. The van der Waals surface area contributed by atoms with Crippen molar-refractivity contribution in [3.8, 4) is 0 Å². The van der Waals surface area contributed by atoms with E-state index in [4.69, 9.17) is 4.42 Å². The first-order valence-electron chi connectivity index (χ1n) is 7.89. The van der Waals surface area contributed by atoms with Gasteiger partial charge in [0.05, 0.1) is 12.4 Å². The summed E-state index contributed by atoms with van der Waals surface area (Å²) >= 11 is 0. The van der Waals surface area contributed by atoms with Crippen LogP contribution < -0.4 is 5.32 Å². The zero-order valence-corrected chi connectivity index (χ0v) is 13.2. The lowest BCUT2D eigenvalue weighted by Gasteiger charge is -2.14. The van der Waals surface area contributed by atoms with Crippen LogP contribution >= 0.6 is 0 Å². The van der Waals surface area contributed by atoms with Gasteiger partial charge in [-0.05, 0) is 41.0 Å². The van der Waals surface area contributed by atoms with Crippen molar-refractivity contribution in [2.45, 2.75) is 12.5 Å². The molecule has 3 aromatic rings. The van der Waals surface area contributed by atoms with Crippen LogP contribution in [0.2, 0.25) is 0 Å². The normalized spacial score (nSPS) is 12.5. The van der Waals surface area contributed by atoms with Crippen molar-refractivity contribution in [2.24, 2.45) is 0 Å². The molecule has 2 N–H and O–H groups in total. The van der Waals surface area contributed by atoms with Crippen LogP contribution in [0, 0.1) is 0 Å². The summed E-state index contributed by atoms with van der Waals surface area (Å²) in [6.07, 6.45) is 4.41. The zero-order chi connectivity index (χ0) is 16.8. The molecule has 0 saturated heterocycles. The van der Waals surface area contributed by atoms with Crippen molar-refractivity contribution in [1.29, 1.82) is 0 Å². The lowest BCUT2D eigenvalue weighted by Crippen LogP contribution is -2.23. The lowest BCUT2D eigenvalue weighted by atomic mass is 9.99. The summed E-state index contributed by atoms with van der Waals surface area (Å²) in [4.78, 5) is 11.7. The molecule has 1 heterocycles. The van der Waals surface area contributed by atoms with E-state index in [9.17, 15) is 9.90 Å². The third-order valence-corrected chi connectivity index (χ3v) is 3.84. The highest BCUT2D eigenvalue weighted by molar-refractivity contribution is 5.91. The molecule has 122 valence electrons. The zero-order valence-electron chi connectivity index (χ0n) is 13.2. The van der Waals surface area contributed by atoms with Gasteiger partial charge in [0.25, 0.3) is 0 Å². The number of hydrogen-bond acceptors (Lipinski definition) is 3. The van der Waals surface area contributed by atoms with Crippen LogP contribution in [0.1, 0.15) is 23.8 Å². The Labute approximate surface area is 140 Å². The first kappa shape index (κ1) is 16.0. The number of furan rings is 1. The van der Waals surface area contributed by atoms with Gasteiger partial charge in [-0.2, -0.15) is 0 Å². The molecule has 0 aliphatic rings. The van der Waals surface area contributed by atoms with E-state index < -0.39 is 6.10 Å². The highest BCUT2D eigenvalue weighted by Crippen LogP contribution is 2.25. The van der Waals surface area contributed by atoms with Crippen LogP contribution in [0.15, 0.2) is 71.4 Å². The summed E-state index contributed by atoms with van der Waals surface area (Å²) in [6.45, 7) is 0.395. The number of hydrogen-bond donors (Lipinski definition) is 2. The number of nitrogens with one attached hydrogen (secondary N) is 1.